The molecule has 1 aliphatic heterocycles. The van der Waals surface area contributed by atoms with Gasteiger partial charge in [-0.15, -0.1) is 0 Å². The van der Waals surface area contributed by atoms with Crippen LogP contribution in [0.5, 0.6) is 0 Å². The minimum Gasteiger partial charge on any atom is -0.444 e. The van der Waals surface area contributed by atoms with Crippen molar-refractivity contribution >= 4 is 6.09 Å². The minimum atomic E-state index is -0.457. The molecule has 0 saturated carbocycles. The van der Waals surface area contributed by atoms with E-state index in [9.17, 15) is 9.18 Å². The fourth-order valence-corrected chi connectivity index (χ4v) is 2.69. The molecule has 0 atom stereocenters. The van der Waals surface area contributed by atoms with Gasteiger partial charge < -0.3 is 15.0 Å². The lowest BCUT2D eigenvalue weighted by atomic mass is 10.0. The topological polar surface area (TPSA) is 41.6 Å². The Hall–Kier alpha value is -1.62. The van der Waals surface area contributed by atoms with Crippen molar-refractivity contribution in [1.82, 2.24) is 10.2 Å². The van der Waals surface area contributed by atoms with Crippen LogP contribution in [0.2, 0.25) is 0 Å². The number of likely N-dealkylation sites (tertiary alicyclic amines) is 1. The number of rotatable bonds is 3. The minimum absolute atomic E-state index is 0.163. The maximum absolute atomic E-state index is 13.5. The van der Waals surface area contributed by atoms with Gasteiger partial charge in [-0.1, -0.05) is 12.1 Å². The average molecular weight is 322 g/mol. The Labute approximate surface area is 138 Å². The first-order chi connectivity index (χ1) is 10.8. The highest BCUT2D eigenvalue weighted by molar-refractivity contribution is 5.68. The Morgan fingerprint density at radius 2 is 2.00 bits per heavy atom. The normalized spacial score (nSPS) is 16.5. The number of hydrogen-bond acceptors (Lipinski definition) is 3. The van der Waals surface area contributed by atoms with Gasteiger partial charge >= 0.3 is 6.09 Å². The summed E-state index contributed by atoms with van der Waals surface area (Å²) in [5.41, 5.74) is 1.23. The number of benzene rings is 1. The molecule has 4 nitrogen and oxygen atoms in total. The molecular formula is C18H27FN2O2. The summed E-state index contributed by atoms with van der Waals surface area (Å²) in [4.78, 5) is 13.8. The molecule has 1 aliphatic rings. The van der Waals surface area contributed by atoms with E-state index in [0.29, 0.717) is 31.2 Å². The summed E-state index contributed by atoms with van der Waals surface area (Å²) >= 11 is 0. The lowest BCUT2D eigenvalue weighted by Gasteiger charge is -2.33. The maximum atomic E-state index is 13.5. The Morgan fingerprint density at radius 1 is 1.35 bits per heavy atom. The van der Waals surface area contributed by atoms with Crippen molar-refractivity contribution in [3.63, 3.8) is 0 Å². The van der Waals surface area contributed by atoms with E-state index in [1.54, 1.807) is 17.9 Å². The third-order valence-electron chi connectivity index (χ3n) is 4.11. The SMILES string of the molecule is Cc1c(F)cccc1CNC1CCN(C(=O)OC(C)(C)C)CC1. The number of halogens is 1. The number of hydrogen-bond donors (Lipinski definition) is 1. The predicted molar refractivity (Wildman–Crippen MR) is 88.8 cm³/mol. The van der Waals surface area contributed by atoms with E-state index >= 15 is 0 Å². The number of amides is 1. The van der Waals surface area contributed by atoms with E-state index in [2.05, 4.69) is 5.32 Å². The summed E-state index contributed by atoms with van der Waals surface area (Å²) < 4.78 is 18.9. The fourth-order valence-electron chi connectivity index (χ4n) is 2.69. The van der Waals surface area contributed by atoms with Crippen LogP contribution >= 0.6 is 0 Å². The van der Waals surface area contributed by atoms with Crippen LogP contribution in [0.3, 0.4) is 0 Å². The molecule has 5 heteroatoms. The van der Waals surface area contributed by atoms with Crippen molar-refractivity contribution in [2.24, 2.45) is 0 Å². The number of nitrogens with one attached hydrogen (secondary N) is 1. The molecule has 0 unspecified atom stereocenters. The van der Waals surface area contributed by atoms with Crippen LogP contribution < -0.4 is 5.32 Å². The van der Waals surface area contributed by atoms with Crippen LogP contribution in [-0.2, 0) is 11.3 Å². The lowest BCUT2D eigenvalue weighted by Crippen LogP contribution is -2.46. The van der Waals surface area contributed by atoms with Crippen LogP contribution in [-0.4, -0.2) is 35.7 Å². The Kier molecular flexibility index (Phi) is 5.63. The monoisotopic (exact) mass is 322 g/mol. The molecule has 23 heavy (non-hydrogen) atoms. The zero-order valence-electron chi connectivity index (χ0n) is 14.5. The van der Waals surface area contributed by atoms with E-state index in [1.165, 1.54) is 6.07 Å². The molecule has 0 bridgehead atoms. The molecule has 1 N–H and O–H groups in total. The van der Waals surface area contributed by atoms with Gasteiger partial charge in [-0.3, -0.25) is 0 Å². The lowest BCUT2D eigenvalue weighted by molar-refractivity contribution is 0.0198. The van der Waals surface area contributed by atoms with E-state index in [4.69, 9.17) is 4.74 Å². The van der Waals surface area contributed by atoms with Gasteiger partial charge in [0.2, 0.25) is 0 Å². The van der Waals surface area contributed by atoms with E-state index in [0.717, 1.165) is 18.4 Å². The standard InChI is InChI=1S/C18H27FN2O2/c1-13-14(6-5-7-16(13)19)12-20-15-8-10-21(11-9-15)17(22)23-18(2,3)4/h5-7,15,20H,8-12H2,1-4H3. The second-order valence-electron chi connectivity index (χ2n) is 7.15. The van der Waals surface area contributed by atoms with Crippen LogP contribution in [0.1, 0.15) is 44.7 Å². The molecule has 1 amide bonds. The van der Waals surface area contributed by atoms with E-state index in [1.807, 2.05) is 26.8 Å². The van der Waals surface area contributed by atoms with Crippen molar-refractivity contribution in [2.75, 3.05) is 13.1 Å². The second-order valence-corrected chi connectivity index (χ2v) is 7.15. The smallest absolute Gasteiger partial charge is 0.410 e. The number of carbonyl (C=O) groups excluding carboxylic acids is 1. The largest absolute Gasteiger partial charge is 0.444 e. The van der Waals surface area contributed by atoms with Crippen molar-refractivity contribution in [2.45, 2.75) is 58.7 Å². The molecule has 2 rings (SSSR count). The Bertz CT molecular complexity index is 546. The zero-order chi connectivity index (χ0) is 17.0. The summed E-state index contributed by atoms with van der Waals surface area (Å²) in [6.07, 6.45) is 1.53. The van der Waals surface area contributed by atoms with Gasteiger partial charge in [-0.05, 0) is 57.7 Å². The van der Waals surface area contributed by atoms with E-state index < -0.39 is 5.60 Å². The van der Waals surface area contributed by atoms with Gasteiger partial charge in [0.1, 0.15) is 11.4 Å². The molecule has 1 fully saturated rings. The number of nitrogens with zero attached hydrogens (tertiary/aromatic N) is 1. The van der Waals surface area contributed by atoms with Crippen LogP contribution in [0.25, 0.3) is 0 Å². The number of ether oxygens (including phenoxy) is 1. The quantitative estimate of drug-likeness (QED) is 0.924. The molecule has 0 radical (unpaired) electrons. The van der Waals surface area contributed by atoms with E-state index in [-0.39, 0.29) is 11.9 Å². The molecule has 0 aliphatic carbocycles. The highest BCUT2D eigenvalue weighted by Gasteiger charge is 2.26. The molecule has 1 aromatic carbocycles. The van der Waals surface area contributed by atoms with Gasteiger partial charge in [0, 0.05) is 25.7 Å². The molecule has 1 saturated heterocycles. The average Bonchev–Trinajstić information content (AvgIpc) is 2.47. The maximum Gasteiger partial charge on any atom is 0.410 e. The first kappa shape index (κ1) is 17.7. The van der Waals surface area contributed by atoms with Gasteiger partial charge in [-0.2, -0.15) is 0 Å². The number of carbonyl (C=O) groups is 1. The molecule has 0 spiro atoms. The van der Waals surface area contributed by atoms with Crippen LogP contribution in [0.4, 0.5) is 9.18 Å². The fraction of sp³-hybridized carbons (Fsp3) is 0.611. The Morgan fingerprint density at radius 3 is 2.61 bits per heavy atom. The molecular weight excluding hydrogens is 295 g/mol. The van der Waals surface area contributed by atoms with Crippen molar-refractivity contribution in [1.29, 1.82) is 0 Å². The highest BCUT2D eigenvalue weighted by Crippen LogP contribution is 2.17. The summed E-state index contributed by atoms with van der Waals surface area (Å²) in [5, 5.41) is 3.47. The summed E-state index contributed by atoms with van der Waals surface area (Å²) in [7, 11) is 0. The molecule has 128 valence electrons. The third kappa shape index (κ3) is 5.20. The van der Waals surface area contributed by atoms with Crippen molar-refractivity contribution in [3.8, 4) is 0 Å². The van der Waals surface area contributed by atoms with Gasteiger partial charge in [0.15, 0.2) is 0 Å². The van der Waals surface area contributed by atoms with Crippen molar-refractivity contribution < 1.29 is 13.9 Å². The predicted octanol–water partition coefficient (Wildman–Crippen LogP) is 3.62. The first-order valence-corrected chi connectivity index (χ1v) is 8.21. The van der Waals surface area contributed by atoms with Gasteiger partial charge in [0.05, 0.1) is 0 Å². The summed E-state index contributed by atoms with van der Waals surface area (Å²) in [5.74, 6) is -0.163. The second kappa shape index (κ2) is 7.30. The number of piperidine rings is 1. The Balaban J connectivity index is 1.79. The molecule has 1 aromatic rings. The summed E-state index contributed by atoms with van der Waals surface area (Å²) in [6.45, 7) is 9.46. The first-order valence-electron chi connectivity index (χ1n) is 8.21. The third-order valence-corrected chi connectivity index (χ3v) is 4.11. The van der Waals surface area contributed by atoms with Gasteiger partial charge in [0.25, 0.3) is 0 Å². The summed E-state index contributed by atoms with van der Waals surface area (Å²) in [6, 6.07) is 5.51. The van der Waals surface area contributed by atoms with Gasteiger partial charge in [-0.25, -0.2) is 9.18 Å². The van der Waals surface area contributed by atoms with Crippen LogP contribution in [0.15, 0.2) is 18.2 Å². The molecule has 0 aromatic heterocycles. The van der Waals surface area contributed by atoms with Crippen LogP contribution in [0, 0.1) is 12.7 Å². The van der Waals surface area contributed by atoms with Crippen molar-refractivity contribution in [3.05, 3.63) is 35.1 Å². The zero-order valence-corrected chi connectivity index (χ0v) is 14.5. The molecule has 1 heterocycles. The highest BCUT2D eigenvalue weighted by atomic mass is 19.1.